The van der Waals surface area contributed by atoms with Crippen LogP contribution in [0.2, 0.25) is 0 Å². The van der Waals surface area contributed by atoms with Gasteiger partial charge >= 0.3 is 0 Å². The van der Waals surface area contributed by atoms with Crippen molar-refractivity contribution in [2.45, 2.75) is 53.4 Å². The fraction of sp³-hybridized carbons (Fsp3) is 0.625. The molecule has 19 heavy (non-hydrogen) atoms. The topological polar surface area (TPSA) is 65.6 Å². The van der Waals surface area contributed by atoms with Gasteiger partial charge in [-0.1, -0.05) is 37.1 Å². The molecule has 0 saturated heterocycles. The highest BCUT2D eigenvalue weighted by molar-refractivity contribution is 5.62. The van der Waals surface area contributed by atoms with E-state index in [9.17, 15) is 9.59 Å². The molecule has 0 radical (unpaired) electrons. The van der Waals surface area contributed by atoms with Crippen molar-refractivity contribution in [1.82, 2.24) is 0 Å². The number of rotatable bonds is 9. The molecule has 0 heterocycles. The fourth-order valence-corrected chi connectivity index (χ4v) is 1.85. The summed E-state index contributed by atoms with van der Waals surface area (Å²) in [5.74, 6) is -0.0330. The Hall–Kier alpha value is -1.22. The van der Waals surface area contributed by atoms with Crippen molar-refractivity contribution in [3.8, 4) is 0 Å². The Balaban J connectivity index is 0. The molecule has 2 atom stereocenters. The molecule has 0 bridgehead atoms. The highest BCUT2D eigenvalue weighted by Crippen LogP contribution is 2.18. The van der Waals surface area contributed by atoms with Crippen LogP contribution in [0.25, 0.3) is 0 Å². The first kappa shape index (κ1) is 20.1. The third-order valence-electron chi connectivity index (χ3n) is 3.36. The average Bonchev–Trinajstić information content (AvgIpc) is 2.35. The van der Waals surface area contributed by atoms with E-state index in [2.05, 4.69) is 32.9 Å². The molecule has 0 aliphatic heterocycles. The quantitative estimate of drug-likeness (QED) is 0.475. The van der Waals surface area contributed by atoms with E-state index < -0.39 is 0 Å². The molecule has 3 heteroatoms. The second-order valence-electron chi connectivity index (χ2n) is 5.02. The molecular formula is C16H28O3. The Morgan fingerprint density at radius 2 is 1.79 bits per heavy atom. The van der Waals surface area contributed by atoms with E-state index in [-0.39, 0.29) is 17.3 Å². The van der Waals surface area contributed by atoms with Gasteiger partial charge in [0.2, 0.25) is 0 Å². The van der Waals surface area contributed by atoms with Gasteiger partial charge in [-0.15, -0.1) is 0 Å². The van der Waals surface area contributed by atoms with Crippen LogP contribution in [0.3, 0.4) is 0 Å². The number of hydrogen-bond acceptors (Lipinski definition) is 2. The fourth-order valence-electron chi connectivity index (χ4n) is 1.85. The predicted octanol–water partition coefficient (Wildman–Crippen LogP) is 3.28. The van der Waals surface area contributed by atoms with Crippen molar-refractivity contribution in [2.75, 3.05) is 0 Å². The van der Waals surface area contributed by atoms with Crippen molar-refractivity contribution in [2.24, 2.45) is 11.8 Å². The van der Waals surface area contributed by atoms with E-state index in [0.29, 0.717) is 6.42 Å². The first-order valence-corrected chi connectivity index (χ1v) is 6.77. The minimum Gasteiger partial charge on any atom is -0.412 e. The molecule has 2 N–H and O–H groups in total. The summed E-state index contributed by atoms with van der Waals surface area (Å²) < 4.78 is 0. The van der Waals surface area contributed by atoms with Crippen molar-refractivity contribution < 1.29 is 15.1 Å². The van der Waals surface area contributed by atoms with Crippen molar-refractivity contribution in [3.63, 3.8) is 0 Å². The van der Waals surface area contributed by atoms with Crippen LogP contribution in [0.15, 0.2) is 23.3 Å². The Kier molecular flexibility index (Phi) is 12.5. The van der Waals surface area contributed by atoms with Gasteiger partial charge in [-0.05, 0) is 39.0 Å². The third-order valence-corrected chi connectivity index (χ3v) is 3.36. The van der Waals surface area contributed by atoms with E-state index in [1.165, 1.54) is 11.1 Å². The van der Waals surface area contributed by atoms with Crippen LogP contribution in [0.4, 0.5) is 0 Å². The van der Waals surface area contributed by atoms with Gasteiger partial charge in [-0.25, -0.2) is 0 Å². The highest BCUT2D eigenvalue weighted by Gasteiger charge is 2.13. The van der Waals surface area contributed by atoms with Gasteiger partial charge in [-0.3, -0.25) is 0 Å². The van der Waals surface area contributed by atoms with Crippen LogP contribution < -0.4 is 0 Å². The van der Waals surface area contributed by atoms with Gasteiger partial charge in [0.15, 0.2) is 0 Å². The van der Waals surface area contributed by atoms with Crippen LogP contribution in [0.1, 0.15) is 53.4 Å². The number of allylic oxidation sites excluding steroid dienone is 4. The summed E-state index contributed by atoms with van der Waals surface area (Å²) in [4.78, 5) is 21.3. The Morgan fingerprint density at radius 3 is 2.26 bits per heavy atom. The van der Waals surface area contributed by atoms with Gasteiger partial charge < -0.3 is 15.1 Å². The first-order chi connectivity index (χ1) is 8.54. The monoisotopic (exact) mass is 268 g/mol. The molecule has 0 saturated carbocycles. The number of carbonyl (C=O) groups is 2. The minimum atomic E-state index is -0.176. The molecule has 0 aromatic rings. The van der Waals surface area contributed by atoms with Crippen molar-refractivity contribution in [3.05, 3.63) is 23.3 Å². The molecule has 0 fully saturated rings. The van der Waals surface area contributed by atoms with E-state index >= 15 is 0 Å². The SMILES string of the molecule is CCC(C)=CCCC(C)=CC(C)C(C=O)CC=O.O. The first-order valence-electron chi connectivity index (χ1n) is 6.77. The Labute approximate surface area is 117 Å². The van der Waals surface area contributed by atoms with Gasteiger partial charge in [0, 0.05) is 12.3 Å². The van der Waals surface area contributed by atoms with Gasteiger partial charge in [0.05, 0.1) is 0 Å². The maximum absolute atomic E-state index is 10.9. The lowest BCUT2D eigenvalue weighted by Gasteiger charge is -2.13. The zero-order valence-electron chi connectivity index (χ0n) is 12.6. The Morgan fingerprint density at radius 1 is 1.16 bits per heavy atom. The number of carbonyl (C=O) groups excluding carboxylic acids is 2. The molecular weight excluding hydrogens is 240 g/mol. The van der Waals surface area contributed by atoms with Gasteiger partial charge in [-0.2, -0.15) is 0 Å². The summed E-state index contributed by atoms with van der Waals surface area (Å²) in [6.07, 6.45) is 9.61. The lowest BCUT2D eigenvalue weighted by molar-refractivity contribution is -0.116. The molecule has 0 aromatic heterocycles. The van der Waals surface area contributed by atoms with Gasteiger partial charge in [0.1, 0.15) is 12.6 Å². The highest BCUT2D eigenvalue weighted by atomic mass is 16.1. The van der Waals surface area contributed by atoms with Crippen LogP contribution in [-0.4, -0.2) is 18.0 Å². The molecule has 0 aromatic carbocycles. The van der Waals surface area contributed by atoms with E-state index in [0.717, 1.165) is 31.8 Å². The van der Waals surface area contributed by atoms with Crippen LogP contribution >= 0.6 is 0 Å². The largest absolute Gasteiger partial charge is 0.412 e. The second kappa shape index (κ2) is 11.8. The molecule has 3 nitrogen and oxygen atoms in total. The summed E-state index contributed by atoms with van der Waals surface area (Å²) in [5.41, 5.74) is 2.71. The van der Waals surface area contributed by atoms with Crippen LogP contribution in [0, 0.1) is 11.8 Å². The normalized spacial score (nSPS) is 15.4. The van der Waals surface area contributed by atoms with E-state index in [1.807, 2.05) is 6.92 Å². The maximum atomic E-state index is 10.9. The Bertz CT molecular complexity index is 316. The summed E-state index contributed by atoms with van der Waals surface area (Å²) in [7, 11) is 0. The maximum Gasteiger partial charge on any atom is 0.124 e. The standard InChI is InChI=1S/C16H26O2.H2O/c1-5-13(2)7-6-8-14(3)11-15(4)16(12-18)9-10-17;/h7,10-12,15-16H,5-6,8-9H2,1-4H3;1H2. The lowest BCUT2D eigenvalue weighted by atomic mass is 9.90. The number of hydrogen-bond donors (Lipinski definition) is 0. The zero-order chi connectivity index (χ0) is 14.0. The summed E-state index contributed by atoms with van der Waals surface area (Å²) in [6, 6.07) is 0. The molecule has 0 aliphatic carbocycles. The lowest BCUT2D eigenvalue weighted by Crippen LogP contribution is -2.12. The average molecular weight is 268 g/mol. The van der Waals surface area contributed by atoms with E-state index in [4.69, 9.17) is 0 Å². The summed E-state index contributed by atoms with van der Waals surface area (Å²) >= 11 is 0. The molecule has 0 amide bonds. The van der Waals surface area contributed by atoms with Gasteiger partial charge in [0.25, 0.3) is 0 Å². The number of aldehydes is 2. The third kappa shape index (κ3) is 9.37. The molecule has 2 unspecified atom stereocenters. The molecule has 110 valence electrons. The second-order valence-corrected chi connectivity index (χ2v) is 5.02. The minimum absolute atomic E-state index is 0. The molecule has 0 spiro atoms. The van der Waals surface area contributed by atoms with Crippen LogP contribution in [0.5, 0.6) is 0 Å². The zero-order valence-corrected chi connectivity index (χ0v) is 12.6. The summed E-state index contributed by atoms with van der Waals surface area (Å²) in [5, 5.41) is 0. The van der Waals surface area contributed by atoms with Crippen LogP contribution in [-0.2, 0) is 9.59 Å². The van der Waals surface area contributed by atoms with E-state index in [1.54, 1.807) is 0 Å². The predicted molar refractivity (Wildman–Crippen MR) is 80.1 cm³/mol. The van der Waals surface area contributed by atoms with Crippen molar-refractivity contribution >= 4 is 12.6 Å². The van der Waals surface area contributed by atoms with Crippen molar-refractivity contribution in [1.29, 1.82) is 0 Å². The molecule has 0 aliphatic rings. The molecule has 0 rings (SSSR count). The smallest absolute Gasteiger partial charge is 0.124 e. The summed E-state index contributed by atoms with van der Waals surface area (Å²) in [6.45, 7) is 8.40.